The van der Waals surface area contributed by atoms with Crippen molar-refractivity contribution < 1.29 is 9.66 Å². The van der Waals surface area contributed by atoms with Gasteiger partial charge >= 0.3 is 0 Å². The number of nitrogens with one attached hydrogen (secondary N) is 1. The number of hydrogen-bond acceptors (Lipinski definition) is 8. The van der Waals surface area contributed by atoms with Crippen LogP contribution in [-0.2, 0) is 6.61 Å². The van der Waals surface area contributed by atoms with Gasteiger partial charge in [-0.15, -0.1) is 5.10 Å². The summed E-state index contributed by atoms with van der Waals surface area (Å²) in [7, 11) is 0. The van der Waals surface area contributed by atoms with Crippen LogP contribution in [0, 0.1) is 17.0 Å². The zero-order valence-electron chi connectivity index (χ0n) is 18.4. The molecule has 174 valence electrons. The van der Waals surface area contributed by atoms with Crippen molar-refractivity contribution in [2.24, 2.45) is 0 Å². The first-order chi connectivity index (χ1) is 17.0. The van der Waals surface area contributed by atoms with Crippen molar-refractivity contribution >= 4 is 39.8 Å². The van der Waals surface area contributed by atoms with Gasteiger partial charge in [0.25, 0.3) is 5.69 Å². The number of aryl methyl sites for hydroxylation is 1. The number of aromatic nitrogens is 5. The molecule has 1 N–H and O–H groups in total. The van der Waals surface area contributed by atoms with Crippen LogP contribution in [0.5, 0.6) is 5.75 Å². The van der Waals surface area contributed by atoms with E-state index in [4.69, 9.17) is 16.3 Å². The topological polar surface area (TPSA) is 121 Å². The third-order valence-corrected chi connectivity index (χ3v) is 5.38. The van der Waals surface area contributed by atoms with Gasteiger partial charge in [-0.05, 0) is 42.8 Å². The number of fused-ring (bicyclic) bond motifs is 1. The molecular formula is C24H18ClN7O3. The minimum absolute atomic E-state index is 0.0483. The van der Waals surface area contributed by atoms with Crippen molar-refractivity contribution in [3.05, 3.63) is 99.5 Å². The van der Waals surface area contributed by atoms with E-state index in [1.165, 1.54) is 10.7 Å². The van der Waals surface area contributed by atoms with Gasteiger partial charge in [0.2, 0.25) is 5.95 Å². The Hall–Kier alpha value is -4.57. The second-order valence-corrected chi connectivity index (χ2v) is 8.15. The average Bonchev–Trinajstić information content (AvgIpc) is 3.31. The van der Waals surface area contributed by atoms with Crippen LogP contribution in [0.4, 0.5) is 17.3 Å². The normalized spacial score (nSPS) is 10.9. The van der Waals surface area contributed by atoms with Gasteiger partial charge in [0.1, 0.15) is 29.3 Å². The van der Waals surface area contributed by atoms with Gasteiger partial charge in [0.15, 0.2) is 0 Å². The number of halogens is 1. The van der Waals surface area contributed by atoms with Crippen LogP contribution in [0.25, 0.3) is 16.6 Å². The third-order valence-electron chi connectivity index (χ3n) is 5.15. The molecule has 0 saturated heterocycles. The molecule has 0 unspecified atom stereocenters. The molecule has 0 amide bonds. The number of benzene rings is 3. The van der Waals surface area contributed by atoms with E-state index in [1.807, 2.05) is 24.3 Å². The highest BCUT2D eigenvalue weighted by Gasteiger charge is 2.17. The monoisotopic (exact) mass is 487 g/mol. The van der Waals surface area contributed by atoms with Gasteiger partial charge in [-0.2, -0.15) is 0 Å². The van der Waals surface area contributed by atoms with Crippen LogP contribution in [0.1, 0.15) is 11.3 Å². The first-order valence-electron chi connectivity index (χ1n) is 10.5. The summed E-state index contributed by atoms with van der Waals surface area (Å²) in [4.78, 5) is 20.0. The Labute approximate surface area is 204 Å². The summed E-state index contributed by atoms with van der Waals surface area (Å²) >= 11 is 6.06. The van der Waals surface area contributed by atoms with Gasteiger partial charge in [-0.1, -0.05) is 41.1 Å². The Morgan fingerprint density at radius 3 is 2.83 bits per heavy atom. The van der Waals surface area contributed by atoms with Crippen molar-refractivity contribution in [1.82, 2.24) is 25.0 Å². The highest BCUT2D eigenvalue weighted by Crippen LogP contribution is 2.27. The number of para-hydroxylation sites is 1. The highest BCUT2D eigenvalue weighted by atomic mass is 35.5. The summed E-state index contributed by atoms with van der Waals surface area (Å²) in [6, 6.07) is 17.7. The van der Waals surface area contributed by atoms with Crippen LogP contribution < -0.4 is 10.1 Å². The van der Waals surface area contributed by atoms with Gasteiger partial charge in [0, 0.05) is 28.4 Å². The molecule has 0 saturated carbocycles. The van der Waals surface area contributed by atoms with E-state index in [9.17, 15) is 10.1 Å². The first kappa shape index (κ1) is 22.2. The van der Waals surface area contributed by atoms with Crippen LogP contribution in [0.15, 0.2) is 73.1 Å². The molecule has 2 heterocycles. The maximum atomic E-state index is 11.4. The maximum absolute atomic E-state index is 11.4. The minimum atomic E-state index is -0.439. The molecule has 0 radical (unpaired) electrons. The Morgan fingerprint density at radius 1 is 1.14 bits per heavy atom. The number of ether oxygens (including phenoxy) is 1. The van der Waals surface area contributed by atoms with E-state index in [0.29, 0.717) is 33.6 Å². The number of nitrogens with zero attached hydrogens (tertiary/aromatic N) is 6. The lowest BCUT2D eigenvalue weighted by Gasteiger charge is -2.09. The lowest BCUT2D eigenvalue weighted by atomic mass is 10.2. The molecule has 0 aliphatic carbocycles. The summed E-state index contributed by atoms with van der Waals surface area (Å²) < 4.78 is 7.36. The molecule has 0 bridgehead atoms. The summed E-state index contributed by atoms with van der Waals surface area (Å²) in [6.45, 7) is 1.89. The van der Waals surface area contributed by atoms with Crippen molar-refractivity contribution in [1.29, 1.82) is 0 Å². The largest absolute Gasteiger partial charge is 0.485 e. The molecule has 0 spiro atoms. The van der Waals surface area contributed by atoms with Crippen LogP contribution in [-0.4, -0.2) is 29.9 Å². The van der Waals surface area contributed by atoms with Gasteiger partial charge < -0.3 is 10.1 Å². The predicted molar refractivity (Wildman–Crippen MR) is 131 cm³/mol. The Bertz CT molecular complexity index is 1550. The van der Waals surface area contributed by atoms with E-state index in [0.717, 1.165) is 16.6 Å². The average molecular weight is 488 g/mol. The predicted octanol–water partition coefficient (Wildman–Crippen LogP) is 5.40. The maximum Gasteiger partial charge on any atom is 0.295 e. The first-order valence-corrected chi connectivity index (χ1v) is 10.9. The smallest absolute Gasteiger partial charge is 0.295 e. The van der Waals surface area contributed by atoms with E-state index >= 15 is 0 Å². The fraction of sp³-hybridized carbons (Fsp3) is 0.0833. The molecule has 0 atom stereocenters. The van der Waals surface area contributed by atoms with E-state index in [-0.39, 0.29) is 12.3 Å². The van der Waals surface area contributed by atoms with Crippen LogP contribution in [0.3, 0.4) is 0 Å². The zero-order valence-corrected chi connectivity index (χ0v) is 19.2. The summed E-state index contributed by atoms with van der Waals surface area (Å²) in [6.07, 6.45) is 3.30. The summed E-state index contributed by atoms with van der Waals surface area (Å²) in [5.41, 5.74) is 2.95. The van der Waals surface area contributed by atoms with Crippen LogP contribution in [0.2, 0.25) is 5.02 Å². The second kappa shape index (κ2) is 9.35. The number of nitro benzene ring substituents is 1. The molecule has 2 aromatic heterocycles. The summed E-state index contributed by atoms with van der Waals surface area (Å²) in [5.74, 6) is 0.934. The molecule has 35 heavy (non-hydrogen) atoms. The third kappa shape index (κ3) is 4.87. The molecule has 5 aromatic rings. The molecule has 0 aliphatic heterocycles. The van der Waals surface area contributed by atoms with Crippen molar-refractivity contribution in [2.45, 2.75) is 13.5 Å². The molecule has 0 fully saturated rings. The van der Waals surface area contributed by atoms with E-state index < -0.39 is 4.92 Å². The molecule has 11 heteroatoms. The van der Waals surface area contributed by atoms with Crippen molar-refractivity contribution in [3.63, 3.8) is 0 Å². The van der Waals surface area contributed by atoms with Gasteiger partial charge in [0.05, 0.1) is 11.1 Å². The lowest BCUT2D eigenvalue weighted by Crippen LogP contribution is -2.01. The highest BCUT2D eigenvalue weighted by molar-refractivity contribution is 6.30. The quantitative estimate of drug-likeness (QED) is 0.239. The standard InChI is InChI=1S/C24H18ClN7O3/c1-15-8-9-20(21(10-15)32(33)34)31-13-19(29-30-31)14-35-22-7-2-4-16-12-26-24(28-23(16)22)27-18-6-3-5-17(25)11-18/h2-13H,14H2,1H3,(H,26,27,28). The molecule has 0 aliphatic rings. The van der Waals surface area contributed by atoms with Crippen LogP contribution >= 0.6 is 11.6 Å². The summed E-state index contributed by atoms with van der Waals surface area (Å²) in [5, 5.41) is 24.1. The fourth-order valence-corrected chi connectivity index (χ4v) is 3.70. The van der Waals surface area contributed by atoms with Gasteiger partial charge in [-0.3, -0.25) is 10.1 Å². The number of anilines is 2. The van der Waals surface area contributed by atoms with E-state index in [1.54, 1.807) is 49.6 Å². The molecule has 10 nitrogen and oxygen atoms in total. The van der Waals surface area contributed by atoms with Crippen molar-refractivity contribution in [2.75, 3.05) is 5.32 Å². The SMILES string of the molecule is Cc1ccc(-n2cc(COc3cccc4cnc(Nc5cccc(Cl)c5)nc34)nn2)c([N+](=O)[O-])c1. The fourth-order valence-electron chi connectivity index (χ4n) is 3.51. The molecular weight excluding hydrogens is 470 g/mol. The zero-order chi connectivity index (χ0) is 24.4. The van der Waals surface area contributed by atoms with Gasteiger partial charge in [-0.25, -0.2) is 14.6 Å². The molecule has 3 aromatic carbocycles. The van der Waals surface area contributed by atoms with Crippen molar-refractivity contribution in [3.8, 4) is 11.4 Å². The Kier molecular flexibility index (Phi) is 5.94. The second-order valence-electron chi connectivity index (χ2n) is 7.72. The Morgan fingerprint density at radius 2 is 2.00 bits per heavy atom. The molecule has 5 rings (SSSR count). The Balaban J connectivity index is 1.37. The lowest BCUT2D eigenvalue weighted by molar-refractivity contribution is -0.384. The number of nitro groups is 1. The number of rotatable bonds is 7. The minimum Gasteiger partial charge on any atom is -0.485 e. The van der Waals surface area contributed by atoms with E-state index in [2.05, 4.69) is 25.6 Å². The number of hydrogen-bond donors (Lipinski definition) is 1.